The van der Waals surface area contributed by atoms with Crippen molar-refractivity contribution in [3.8, 4) is 17.4 Å². The summed E-state index contributed by atoms with van der Waals surface area (Å²) >= 11 is 0. The van der Waals surface area contributed by atoms with Crippen LogP contribution in [0.15, 0.2) is 48.7 Å². The van der Waals surface area contributed by atoms with Crippen LogP contribution in [0.2, 0.25) is 0 Å². The molecule has 1 heterocycles. The average molecular weight is 344 g/mol. The molecule has 0 aliphatic heterocycles. The summed E-state index contributed by atoms with van der Waals surface area (Å²) in [5.41, 5.74) is 0. The predicted octanol–water partition coefficient (Wildman–Crippen LogP) is 2.58. The molecule has 0 saturated heterocycles. The van der Waals surface area contributed by atoms with Gasteiger partial charge < -0.3 is 19.5 Å². The zero-order chi connectivity index (χ0) is 18.1. The lowest BCUT2D eigenvalue weighted by Crippen LogP contribution is -2.39. The van der Waals surface area contributed by atoms with Crippen LogP contribution in [0.1, 0.15) is 13.3 Å². The molecule has 0 spiro atoms. The minimum absolute atomic E-state index is 0.215. The van der Waals surface area contributed by atoms with Crippen molar-refractivity contribution in [3.05, 3.63) is 48.7 Å². The number of pyridine rings is 1. The van der Waals surface area contributed by atoms with E-state index < -0.39 is 5.97 Å². The van der Waals surface area contributed by atoms with Gasteiger partial charge in [0.05, 0.1) is 0 Å². The normalized spacial score (nSPS) is 10.1. The van der Waals surface area contributed by atoms with Crippen LogP contribution in [0.5, 0.6) is 17.4 Å². The van der Waals surface area contributed by atoms with Crippen LogP contribution in [0, 0.1) is 0 Å². The van der Waals surface area contributed by atoms with Crippen molar-refractivity contribution >= 4 is 11.9 Å². The van der Waals surface area contributed by atoms with E-state index in [4.69, 9.17) is 14.6 Å². The molecule has 0 aliphatic carbocycles. The summed E-state index contributed by atoms with van der Waals surface area (Å²) in [6.07, 6.45) is 2.32. The van der Waals surface area contributed by atoms with Crippen molar-refractivity contribution < 1.29 is 24.2 Å². The van der Waals surface area contributed by atoms with Crippen LogP contribution in [-0.4, -0.2) is 46.6 Å². The van der Waals surface area contributed by atoms with Crippen LogP contribution in [-0.2, 0) is 9.59 Å². The van der Waals surface area contributed by atoms with Crippen LogP contribution in [0.3, 0.4) is 0 Å². The summed E-state index contributed by atoms with van der Waals surface area (Å²) in [7, 11) is 0. The highest BCUT2D eigenvalue weighted by Gasteiger charge is 2.16. The number of hydrogen-bond acceptors (Lipinski definition) is 5. The van der Waals surface area contributed by atoms with Gasteiger partial charge in [-0.05, 0) is 36.8 Å². The van der Waals surface area contributed by atoms with E-state index in [1.807, 2.05) is 13.0 Å². The van der Waals surface area contributed by atoms with Crippen molar-refractivity contribution in [3.63, 3.8) is 0 Å². The predicted molar refractivity (Wildman–Crippen MR) is 90.8 cm³/mol. The SMILES string of the molecule is CCCN(CC(=O)O)C(=O)COc1ccc(Oc2ccccn2)cc1. The number of aromatic nitrogens is 1. The molecular formula is C18H20N2O5. The molecule has 0 fully saturated rings. The third-order valence-corrected chi connectivity index (χ3v) is 3.22. The fourth-order valence-electron chi connectivity index (χ4n) is 2.09. The number of ether oxygens (including phenoxy) is 2. The second-order valence-electron chi connectivity index (χ2n) is 5.24. The fraction of sp³-hybridized carbons (Fsp3) is 0.278. The Morgan fingerprint density at radius 2 is 1.84 bits per heavy atom. The Labute approximate surface area is 145 Å². The van der Waals surface area contributed by atoms with Gasteiger partial charge in [0.15, 0.2) is 6.61 Å². The van der Waals surface area contributed by atoms with E-state index in [1.54, 1.807) is 42.6 Å². The zero-order valence-corrected chi connectivity index (χ0v) is 13.9. The molecule has 0 saturated carbocycles. The van der Waals surface area contributed by atoms with Gasteiger partial charge >= 0.3 is 5.97 Å². The lowest BCUT2D eigenvalue weighted by molar-refractivity contribution is -0.145. The molecule has 2 aromatic rings. The Hall–Kier alpha value is -3.09. The molecule has 25 heavy (non-hydrogen) atoms. The van der Waals surface area contributed by atoms with E-state index in [-0.39, 0.29) is 19.1 Å². The maximum Gasteiger partial charge on any atom is 0.323 e. The Morgan fingerprint density at radius 3 is 2.44 bits per heavy atom. The van der Waals surface area contributed by atoms with Gasteiger partial charge in [0.2, 0.25) is 5.88 Å². The van der Waals surface area contributed by atoms with Crippen molar-refractivity contribution in [1.82, 2.24) is 9.88 Å². The summed E-state index contributed by atoms with van der Waals surface area (Å²) in [6, 6.07) is 12.1. The van der Waals surface area contributed by atoms with E-state index in [0.29, 0.717) is 30.3 Å². The van der Waals surface area contributed by atoms with Gasteiger partial charge in [0, 0.05) is 18.8 Å². The van der Waals surface area contributed by atoms with E-state index in [1.165, 1.54) is 4.90 Å². The first-order chi connectivity index (χ1) is 12.1. The minimum Gasteiger partial charge on any atom is -0.484 e. The second-order valence-corrected chi connectivity index (χ2v) is 5.24. The molecule has 1 aromatic heterocycles. The van der Waals surface area contributed by atoms with E-state index in [0.717, 1.165) is 0 Å². The number of carbonyl (C=O) groups is 2. The maximum absolute atomic E-state index is 12.1. The summed E-state index contributed by atoms with van der Waals surface area (Å²) in [6.45, 7) is 1.72. The summed E-state index contributed by atoms with van der Waals surface area (Å²) in [4.78, 5) is 28.2. The quantitative estimate of drug-likeness (QED) is 0.752. The van der Waals surface area contributed by atoms with Gasteiger partial charge in [-0.2, -0.15) is 0 Å². The monoisotopic (exact) mass is 344 g/mol. The number of carbonyl (C=O) groups excluding carboxylic acids is 1. The molecule has 7 heteroatoms. The fourth-order valence-corrected chi connectivity index (χ4v) is 2.09. The lowest BCUT2D eigenvalue weighted by atomic mass is 10.3. The van der Waals surface area contributed by atoms with E-state index in [9.17, 15) is 9.59 Å². The molecule has 1 N–H and O–H groups in total. The Morgan fingerprint density at radius 1 is 1.12 bits per heavy atom. The number of nitrogens with zero attached hydrogens (tertiary/aromatic N) is 2. The van der Waals surface area contributed by atoms with Gasteiger partial charge in [-0.15, -0.1) is 0 Å². The second kappa shape index (κ2) is 9.27. The first kappa shape index (κ1) is 18.3. The minimum atomic E-state index is -1.04. The molecule has 132 valence electrons. The molecule has 0 atom stereocenters. The summed E-state index contributed by atoms with van der Waals surface area (Å²) < 4.78 is 11.0. The van der Waals surface area contributed by atoms with E-state index in [2.05, 4.69) is 4.98 Å². The molecule has 0 bridgehead atoms. The maximum atomic E-state index is 12.1. The molecule has 0 aliphatic rings. The molecule has 0 radical (unpaired) electrons. The molecule has 0 unspecified atom stereocenters. The zero-order valence-electron chi connectivity index (χ0n) is 13.9. The van der Waals surface area contributed by atoms with Crippen LogP contribution < -0.4 is 9.47 Å². The van der Waals surface area contributed by atoms with E-state index >= 15 is 0 Å². The van der Waals surface area contributed by atoms with Crippen LogP contribution in [0.4, 0.5) is 0 Å². The van der Waals surface area contributed by atoms with Crippen molar-refractivity contribution in [2.75, 3.05) is 19.7 Å². The number of carboxylic acids is 1. The van der Waals surface area contributed by atoms with Gasteiger partial charge in [0.25, 0.3) is 5.91 Å². The van der Waals surface area contributed by atoms with Crippen LogP contribution in [0.25, 0.3) is 0 Å². The summed E-state index contributed by atoms with van der Waals surface area (Å²) in [5.74, 6) is 0.162. The number of benzene rings is 1. The van der Waals surface area contributed by atoms with Gasteiger partial charge in [-0.1, -0.05) is 13.0 Å². The Bertz CT molecular complexity index is 688. The third kappa shape index (κ3) is 6.14. The third-order valence-electron chi connectivity index (χ3n) is 3.22. The summed E-state index contributed by atoms with van der Waals surface area (Å²) in [5, 5.41) is 8.84. The van der Waals surface area contributed by atoms with Gasteiger partial charge in [-0.25, -0.2) is 4.98 Å². The van der Waals surface area contributed by atoms with Crippen LogP contribution >= 0.6 is 0 Å². The number of carboxylic acid groups (broad SMARTS) is 1. The highest BCUT2D eigenvalue weighted by Crippen LogP contribution is 2.22. The first-order valence-electron chi connectivity index (χ1n) is 7.90. The molecule has 7 nitrogen and oxygen atoms in total. The standard InChI is InChI=1S/C18H20N2O5/c1-2-11-20(12-18(22)23)17(21)13-24-14-6-8-15(9-7-14)25-16-5-3-4-10-19-16/h3-10H,2,11-13H2,1H3,(H,22,23). The van der Waals surface area contributed by atoms with Gasteiger partial charge in [-0.3, -0.25) is 9.59 Å². The highest BCUT2D eigenvalue weighted by molar-refractivity contribution is 5.82. The Balaban J connectivity index is 1.88. The highest BCUT2D eigenvalue weighted by atomic mass is 16.5. The number of rotatable bonds is 9. The molecule has 2 rings (SSSR count). The number of hydrogen-bond donors (Lipinski definition) is 1. The molecule has 1 aromatic carbocycles. The molecule has 1 amide bonds. The number of aliphatic carboxylic acids is 1. The lowest BCUT2D eigenvalue weighted by Gasteiger charge is -2.20. The average Bonchev–Trinajstić information content (AvgIpc) is 2.61. The Kier molecular flexibility index (Phi) is 6.76. The first-order valence-corrected chi connectivity index (χ1v) is 7.90. The van der Waals surface area contributed by atoms with Crippen molar-refractivity contribution in [1.29, 1.82) is 0 Å². The molecular weight excluding hydrogens is 324 g/mol. The van der Waals surface area contributed by atoms with Gasteiger partial charge in [0.1, 0.15) is 18.0 Å². The van der Waals surface area contributed by atoms with Crippen molar-refractivity contribution in [2.45, 2.75) is 13.3 Å². The largest absolute Gasteiger partial charge is 0.484 e. The number of amides is 1. The van der Waals surface area contributed by atoms with Crippen molar-refractivity contribution in [2.24, 2.45) is 0 Å². The smallest absolute Gasteiger partial charge is 0.323 e. The topological polar surface area (TPSA) is 89.0 Å².